The first-order chi connectivity index (χ1) is 15.0. The van der Waals surface area contributed by atoms with E-state index in [-0.39, 0.29) is 33.4 Å². The maximum Gasteiger partial charge on any atom is 0.241 e. The van der Waals surface area contributed by atoms with Gasteiger partial charge in [-0.2, -0.15) is 0 Å². The molecule has 0 aliphatic rings. The van der Waals surface area contributed by atoms with Crippen LogP contribution in [0, 0.1) is 0 Å². The molecule has 0 amide bonds. The van der Waals surface area contributed by atoms with Crippen molar-refractivity contribution in [1.82, 2.24) is 0 Å². The van der Waals surface area contributed by atoms with Crippen LogP contribution in [0.4, 0.5) is 26.3 Å². The largest absolute Gasteiger partial charge is 0.246 e. The summed E-state index contributed by atoms with van der Waals surface area (Å²) in [7, 11) is 0. The van der Waals surface area contributed by atoms with Gasteiger partial charge in [0.1, 0.15) is 40.0 Å². The third kappa shape index (κ3) is 5.32. The SMILES string of the molecule is FCc1cc(CF)cc(B(c2cc(CF)cc(CF)c2)c2cc(CF)cc(CF)c2)c1. The van der Waals surface area contributed by atoms with Gasteiger partial charge in [0.05, 0.1) is 0 Å². The van der Waals surface area contributed by atoms with Crippen LogP contribution in [0.3, 0.4) is 0 Å². The molecule has 0 heterocycles. The van der Waals surface area contributed by atoms with Gasteiger partial charge in [0.15, 0.2) is 0 Å². The first kappa shape index (κ1) is 23.0. The monoisotopic (exact) mass is 434 g/mol. The Bertz CT molecular complexity index is 838. The van der Waals surface area contributed by atoms with Gasteiger partial charge >= 0.3 is 0 Å². The minimum absolute atomic E-state index is 0.245. The number of rotatable bonds is 9. The van der Waals surface area contributed by atoms with Crippen molar-refractivity contribution in [2.24, 2.45) is 0 Å². The fourth-order valence-corrected chi connectivity index (χ4v) is 3.91. The molecular weight excluding hydrogens is 413 g/mol. The van der Waals surface area contributed by atoms with E-state index in [0.29, 0.717) is 16.4 Å². The Balaban J connectivity index is 2.30. The van der Waals surface area contributed by atoms with Crippen molar-refractivity contribution in [1.29, 1.82) is 0 Å². The van der Waals surface area contributed by atoms with Gasteiger partial charge in [-0.1, -0.05) is 71.0 Å². The molecule has 0 saturated carbocycles. The predicted molar refractivity (Wildman–Crippen MR) is 113 cm³/mol. The van der Waals surface area contributed by atoms with E-state index in [2.05, 4.69) is 0 Å². The summed E-state index contributed by atoms with van der Waals surface area (Å²) in [5.74, 6) is 0. The van der Waals surface area contributed by atoms with Crippen LogP contribution in [0.2, 0.25) is 0 Å². The molecule has 3 aromatic carbocycles. The second kappa shape index (κ2) is 10.6. The van der Waals surface area contributed by atoms with Gasteiger partial charge in [-0.3, -0.25) is 0 Å². The molecule has 0 bridgehead atoms. The summed E-state index contributed by atoms with van der Waals surface area (Å²) in [6.07, 6.45) is 0. The van der Waals surface area contributed by atoms with Crippen molar-refractivity contribution in [3.63, 3.8) is 0 Å². The van der Waals surface area contributed by atoms with Crippen LogP contribution in [0.1, 0.15) is 33.4 Å². The van der Waals surface area contributed by atoms with E-state index < -0.39 is 46.8 Å². The molecule has 0 aliphatic heterocycles. The molecular formula is C24H21BF6. The molecule has 0 aromatic heterocycles. The minimum atomic E-state index is -0.825. The maximum absolute atomic E-state index is 13.4. The molecule has 0 fully saturated rings. The molecule has 0 N–H and O–H groups in total. The lowest BCUT2D eigenvalue weighted by molar-refractivity contribution is 0.475. The van der Waals surface area contributed by atoms with Crippen LogP contribution in [0.25, 0.3) is 0 Å². The zero-order valence-corrected chi connectivity index (χ0v) is 16.8. The predicted octanol–water partition coefficient (Wildman–Crippen LogP) is 5.02. The fourth-order valence-electron chi connectivity index (χ4n) is 3.91. The standard InChI is InChI=1S/C24H21BF6/c26-10-16-1-17(11-27)5-22(4-16)25(23-6-18(12-28)2-19(7-23)13-29)24-8-20(14-30)3-21(9-24)15-31/h1-9H,10-15H2. The van der Waals surface area contributed by atoms with Crippen LogP contribution >= 0.6 is 0 Å². The van der Waals surface area contributed by atoms with Gasteiger partial charge in [-0.15, -0.1) is 0 Å². The molecule has 0 aliphatic carbocycles. The summed E-state index contributed by atoms with van der Waals surface area (Å²) in [5.41, 5.74) is 2.90. The average molecular weight is 434 g/mol. The van der Waals surface area contributed by atoms with Crippen LogP contribution in [-0.4, -0.2) is 6.71 Å². The number of halogens is 6. The van der Waals surface area contributed by atoms with Gasteiger partial charge in [0.2, 0.25) is 6.71 Å². The van der Waals surface area contributed by atoms with Crippen LogP contribution in [-0.2, 0) is 40.0 Å². The second-order valence-corrected chi connectivity index (χ2v) is 7.48. The van der Waals surface area contributed by atoms with Crippen molar-refractivity contribution >= 4 is 23.1 Å². The van der Waals surface area contributed by atoms with Crippen molar-refractivity contribution < 1.29 is 26.3 Å². The molecule has 0 nitrogen and oxygen atoms in total. The van der Waals surface area contributed by atoms with Crippen molar-refractivity contribution in [2.75, 3.05) is 0 Å². The number of benzene rings is 3. The molecule has 31 heavy (non-hydrogen) atoms. The van der Waals surface area contributed by atoms with Gasteiger partial charge in [-0.25, -0.2) is 26.3 Å². The van der Waals surface area contributed by atoms with Crippen LogP contribution < -0.4 is 16.4 Å². The molecule has 3 aromatic rings. The van der Waals surface area contributed by atoms with E-state index in [1.807, 2.05) is 0 Å². The third-order valence-electron chi connectivity index (χ3n) is 5.15. The van der Waals surface area contributed by atoms with Crippen molar-refractivity contribution in [2.45, 2.75) is 40.0 Å². The normalized spacial score (nSPS) is 11.0. The van der Waals surface area contributed by atoms with E-state index in [1.165, 1.54) is 54.6 Å². The molecule has 0 atom stereocenters. The van der Waals surface area contributed by atoms with E-state index in [0.717, 1.165) is 0 Å². The third-order valence-corrected chi connectivity index (χ3v) is 5.15. The summed E-state index contributed by atoms with van der Waals surface area (Å²) in [6, 6.07) is 13.4. The minimum Gasteiger partial charge on any atom is -0.246 e. The summed E-state index contributed by atoms with van der Waals surface area (Å²) >= 11 is 0. The van der Waals surface area contributed by atoms with E-state index in [4.69, 9.17) is 0 Å². The highest BCUT2D eigenvalue weighted by atomic mass is 19.1. The zero-order chi connectivity index (χ0) is 22.4. The number of hydrogen-bond donors (Lipinski definition) is 0. The Hall–Kier alpha value is -2.70. The lowest BCUT2D eigenvalue weighted by Crippen LogP contribution is -2.52. The van der Waals surface area contributed by atoms with Gasteiger partial charge in [0, 0.05) is 0 Å². The fraction of sp³-hybridized carbons (Fsp3) is 0.250. The highest BCUT2D eigenvalue weighted by Gasteiger charge is 2.25. The maximum atomic E-state index is 13.4. The molecule has 7 heteroatoms. The smallest absolute Gasteiger partial charge is 0.241 e. The lowest BCUT2D eigenvalue weighted by atomic mass is 9.36. The highest BCUT2D eigenvalue weighted by molar-refractivity contribution is 6.95. The summed E-state index contributed by atoms with van der Waals surface area (Å²) < 4.78 is 80.7. The van der Waals surface area contributed by atoms with E-state index >= 15 is 0 Å². The first-order valence-corrected chi connectivity index (χ1v) is 9.79. The Kier molecular flexibility index (Phi) is 7.83. The number of hydrogen-bond acceptors (Lipinski definition) is 0. The molecule has 162 valence electrons. The Morgan fingerprint density at radius 3 is 0.710 bits per heavy atom. The zero-order valence-electron chi connectivity index (χ0n) is 16.8. The Morgan fingerprint density at radius 2 is 0.548 bits per heavy atom. The van der Waals surface area contributed by atoms with Crippen LogP contribution in [0.5, 0.6) is 0 Å². The quantitative estimate of drug-likeness (QED) is 0.328. The van der Waals surface area contributed by atoms with E-state index in [9.17, 15) is 26.3 Å². The lowest BCUT2D eigenvalue weighted by Gasteiger charge is -2.20. The second-order valence-electron chi connectivity index (χ2n) is 7.48. The van der Waals surface area contributed by atoms with Gasteiger partial charge < -0.3 is 0 Å². The van der Waals surface area contributed by atoms with Crippen molar-refractivity contribution in [3.8, 4) is 0 Å². The summed E-state index contributed by atoms with van der Waals surface area (Å²) in [5, 5.41) is 0. The molecule has 0 unspecified atom stereocenters. The Morgan fingerprint density at radius 1 is 0.355 bits per heavy atom. The molecule has 3 rings (SSSR count). The number of alkyl halides is 6. The highest BCUT2D eigenvalue weighted by Crippen LogP contribution is 2.13. The van der Waals surface area contributed by atoms with E-state index in [1.54, 1.807) is 0 Å². The van der Waals surface area contributed by atoms with Crippen LogP contribution in [0.15, 0.2) is 54.6 Å². The van der Waals surface area contributed by atoms with Crippen molar-refractivity contribution in [3.05, 3.63) is 88.0 Å². The first-order valence-electron chi connectivity index (χ1n) is 9.79. The van der Waals surface area contributed by atoms with Gasteiger partial charge in [0.25, 0.3) is 0 Å². The molecule has 0 radical (unpaired) electrons. The topological polar surface area (TPSA) is 0 Å². The average Bonchev–Trinajstić information content (AvgIpc) is 2.83. The summed E-state index contributed by atoms with van der Waals surface area (Å²) in [6.45, 7) is -5.67. The van der Waals surface area contributed by atoms with Gasteiger partial charge in [-0.05, 0) is 33.4 Å². The molecule has 0 spiro atoms. The molecule has 0 saturated heterocycles. The Labute approximate surface area is 178 Å². The summed E-state index contributed by atoms with van der Waals surface area (Å²) in [4.78, 5) is 0.